The van der Waals surface area contributed by atoms with Crippen molar-refractivity contribution in [2.45, 2.75) is 58.1 Å². The highest BCUT2D eigenvalue weighted by molar-refractivity contribution is 7.89. The average Bonchev–Trinajstić information content (AvgIpc) is 2.31. The van der Waals surface area contributed by atoms with Crippen molar-refractivity contribution in [2.75, 3.05) is 18.9 Å². The van der Waals surface area contributed by atoms with Crippen molar-refractivity contribution >= 4 is 10.0 Å². The Bertz CT molecular complexity index is 360. The highest BCUT2D eigenvalue weighted by Crippen LogP contribution is 2.31. The highest BCUT2D eigenvalue weighted by atomic mass is 32.2. The number of sulfonamides is 1. The number of rotatable bonds is 7. The van der Waals surface area contributed by atoms with Crippen LogP contribution in [0.3, 0.4) is 0 Å². The van der Waals surface area contributed by atoms with Gasteiger partial charge in [0.05, 0.1) is 18.5 Å². The molecule has 0 aromatic rings. The standard InChI is InChI=1S/C13H28N2O3S/c1-11(2)18-8-9-19(16,17)15-13(10-14)6-4-12(3)5-7-13/h11-12,15H,4-10,14H2,1-3H3. The maximum absolute atomic E-state index is 12.1. The predicted molar refractivity (Wildman–Crippen MR) is 77.4 cm³/mol. The summed E-state index contributed by atoms with van der Waals surface area (Å²) in [5, 5.41) is 0. The van der Waals surface area contributed by atoms with Crippen LogP contribution < -0.4 is 10.5 Å². The Balaban J connectivity index is 2.54. The Morgan fingerprint density at radius 2 is 1.95 bits per heavy atom. The monoisotopic (exact) mass is 292 g/mol. The number of nitrogens with one attached hydrogen (secondary N) is 1. The summed E-state index contributed by atoms with van der Waals surface area (Å²) in [6.07, 6.45) is 3.77. The fourth-order valence-corrected chi connectivity index (χ4v) is 3.80. The Morgan fingerprint density at radius 1 is 1.37 bits per heavy atom. The van der Waals surface area contributed by atoms with Crippen molar-refractivity contribution in [1.82, 2.24) is 4.72 Å². The molecule has 0 saturated heterocycles. The first-order valence-corrected chi connectivity index (χ1v) is 8.77. The summed E-state index contributed by atoms with van der Waals surface area (Å²) in [6, 6.07) is 0. The Kier molecular flexibility index (Phi) is 6.23. The van der Waals surface area contributed by atoms with Crippen molar-refractivity contribution in [1.29, 1.82) is 0 Å². The Morgan fingerprint density at radius 3 is 2.42 bits per heavy atom. The molecule has 0 unspecified atom stereocenters. The second-order valence-electron chi connectivity index (χ2n) is 6.01. The van der Waals surface area contributed by atoms with E-state index in [4.69, 9.17) is 10.5 Å². The first kappa shape index (κ1) is 16.9. The molecule has 1 saturated carbocycles. The van der Waals surface area contributed by atoms with E-state index < -0.39 is 15.6 Å². The molecule has 0 atom stereocenters. The van der Waals surface area contributed by atoms with Crippen LogP contribution in [-0.4, -0.2) is 39.0 Å². The molecule has 1 aliphatic rings. The van der Waals surface area contributed by atoms with Gasteiger partial charge in [0.2, 0.25) is 10.0 Å². The summed E-state index contributed by atoms with van der Waals surface area (Å²) in [5.74, 6) is 0.663. The van der Waals surface area contributed by atoms with E-state index in [1.807, 2.05) is 13.8 Å². The summed E-state index contributed by atoms with van der Waals surface area (Å²) in [7, 11) is -3.32. The van der Waals surface area contributed by atoms with Gasteiger partial charge in [0.25, 0.3) is 0 Å². The van der Waals surface area contributed by atoms with Crippen LogP contribution in [0.4, 0.5) is 0 Å². The Labute approximate surface area is 117 Å². The minimum atomic E-state index is -3.32. The summed E-state index contributed by atoms with van der Waals surface area (Å²) >= 11 is 0. The molecule has 0 aromatic carbocycles. The third kappa shape index (κ3) is 5.77. The minimum Gasteiger partial charge on any atom is -0.378 e. The third-order valence-corrected chi connectivity index (χ3v) is 5.25. The maximum Gasteiger partial charge on any atom is 0.214 e. The minimum absolute atomic E-state index is 0.00246. The first-order valence-electron chi connectivity index (χ1n) is 7.12. The van der Waals surface area contributed by atoms with Crippen LogP contribution in [0.2, 0.25) is 0 Å². The molecule has 3 N–H and O–H groups in total. The molecule has 6 heteroatoms. The average molecular weight is 292 g/mol. The van der Waals surface area contributed by atoms with Crippen molar-refractivity contribution < 1.29 is 13.2 Å². The third-order valence-electron chi connectivity index (χ3n) is 3.80. The molecule has 1 rings (SSSR count). The predicted octanol–water partition coefficient (Wildman–Crippen LogP) is 1.24. The molecule has 0 bridgehead atoms. The van der Waals surface area contributed by atoms with Gasteiger partial charge in [-0.05, 0) is 45.4 Å². The van der Waals surface area contributed by atoms with E-state index in [9.17, 15) is 8.42 Å². The quantitative estimate of drug-likeness (QED) is 0.739. The lowest BCUT2D eigenvalue weighted by Crippen LogP contribution is -2.56. The van der Waals surface area contributed by atoms with E-state index in [2.05, 4.69) is 11.6 Å². The van der Waals surface area contributed by atoms with Crippen LogP contribution in [0.5, 0.6) is 0 Å². The van der Waals surface area contributed by atoms with Gasteiger partial charge in [0, 0.05) is 12.1 Å². The van der Waals surface area contributed by atoms with E-state index in [1.54, 1.807) is 0 Å². The fraction of sp³-hybridized carbons (Fsp3) is 1.00. The zero-order chi connectivity index (χ0) is 14.5. The van der Waals surface area contributed by atoms with Crippen LogP contribution in [0.25, 0.3) is 0 Å². The lowest BCUT2D eigenvalue weighted by atomic mass is 9.78. The second kappa shape index (κ2) is 7.02. The number of ether oxygens (including phenoxy) is 1. The van der Waals surface area contributed by atoms with Gasteiger partial charge in [-0.15, -0.1) is 0 Å². The molecular formula is C13H28N2O3S. The van der Waals surface area contributed by atoms with Crippen LogP contribution in [0, 0.1) is 5.92 Å². The maximum atomic E-state index is 12.1. The molecule has 1 fully saturated rings. The smallest absolute Gasteiger partial charge is 0.214 e. The van der Waals surface area contributed by atoms with Crippen molar-refractivity contribution in [3.05, 3.63) is 0 Å². The fourth-order valence-electron chi connectivity index (χ4n) is 2.44. The van der Waals surface area contributed by atoms with Gasteiger partial charge < -0.3 is 10.5 Å². The van der Waals surface area contributed by atoms with E-state index in [-0.39, 0.29) is 18.5 Å². The van der Waals surface area contributed by atoms with E-state index in [1.165, 1.54) is 0 Å². The van der Waals surface area contributed by atoms with Crippen molar-refractivity contribution in [2.24, 2.45) is 11.7 Å². The Hall–Kier alpha value is -0.170. The van der Waals surface area contributed by atoms with Crippen LogP contribution in [-0.2, 0) is 14.8 Å². The van der Waals surface area contributed by atoms with Crippen LogP contribution in [0.15, 0.2) is 0 Å². The van der Waals surface area contributed by atoms with Gasteiger partial charge in [-0.25, -0.2) is 13.1 Å². The van der Waals surface area contributed by atoms with Gasteiger partial charge in [0.1, 0.15) is 0 Å². The lowest BCUT2D eigenvalue weighted by molar-refractivity contribution is 0.0909. The molecule has 0 heterocycles. The largest absolute Gasteiger partial charge is 0.378 e. The SMILES string of the molecule is CC1CCC(CN)(NS(=O)(=O)CCOC(C)C)CC1. The second-order valence-corrected chi connectivity index (χ2v) is 7.85. The van der Waals surface area contributed by atoms with Gasteiger partial charge in [-0.2, -0.15) is 0 Å². The topological polar surface area (TPSA) is 81.4 Å². The molecular weight excluding hydrogens is 264 g/mol. The summed E-state index contributed by atoms with van der Waals surface area (Å²) in [6.45, 7) is 6.58. The normalized spacial score (nSPS) is 28.8. The van der Waals surface area contributed by atoms with E-state index in [0.29, 0.717) is 12.5 Å². The highest BCUT2D eigenvalue weighted by Gasteiger charge is 2.36. The molecule has 0 amide bonds. The number of nitrogens with two attached hydrogens (primary N) is 1. The van der Waals surface area contributed by atoms with Gasteiger partial charge in [0.15, 0.2) is 0 Å². The summed E-state index contributed by atoms with van der Waals surface area (Å²) < 4.78 is 32.3. The van der Waals surface area contributed by atoms with Gasteiger partial charge in [-0.3, -0.25) is 0 Å². The van der Waals surface area contributed by atoms with Crippen molar-refractivity contribution in [3.63, 3.8) is 0 Å². The molecule has 19 heavy (non-hydrogen) atoms. The summed E-state index contributed by atoms with van der Waals surface area (Å²) in [4.78, 5) is 0. The molecule has 5 nitrogen and oxygen atoms in total. The van der Waals surface area contributed by atoms with Crippen LogP contribution >= 0.6 is 0 Å². The van der Waals surface area contributed by atoms with E-state index >= 15 is 0 Å². The molecule has 1 aliphatic carbocycles. The zero-order valence-electron chi connectivity index (χ0n) is 12.3. The molecule has 0 spiro atoms. The first-order chi connectivity index (χ1) is 8.79. The van der Waals surface area contributed by atoms with Crippen molar-refractivity contribution in [3.8, 4) is 0 Å². The molecule has 0 aromatic heterocycles. The van der Waals surface area contributed by atoms with Crippen LogP contribution in [0.1, 0.15) is 46.5 Å². The van der Waals surface area contributed by atoms with Gasteiger partial charge in [-0.1, -0.05) is 6.92 Å². The molecule has 0 radical (unpaired) electrons. The zero-order valence-corrected chi connectivity index (χ0v) is 13.1. The van der Waals surface area contributed by atoms with E-state index in [0.717, 1.165) is 25.7 Å². The summed E-state index contributed by atoms with van der Waals surface area (Å²) in [5.41, 5.74) is 5.37. The number of hydrogen-bond donors (Lipinski definition) is 2. The molecule has 114 valence electrons. The van der Waals surface area contributed by atoms with Gasteiger partial charge >= 0.3 is 0 Å². The molecule has 0 aliphatic heterocycles. The number of hydrogen-bond acceptors (Lipinski definition) is 4. The lowest BCUT2D eigenvalue weighted by Gasteiger charge is -2.38.